The molecule has 0 fully saturated rings. The Bertz CT molecular complexity index is 482. The minimum atomic E-state index is -0.469. The lowest BCUT2D eigenvalue weighted by Crippen LogP contribution is -2.35. The lowest BCUT2D eigenvalue weighted by Gasteiger charge is -2.17. The van der Waals surface area contributed by atoms with Gasteiger partial charge in [0, 0.05) is 19.5 Å². The molecule has 0 spiro atoms. The fourth-order valence-electron chi connectivity index (χ4n) is 2.03. The normalized spacial score (nSPS) is 10.9. The van der Waals surface area contributed by atoms with Gasteiger partial charge in [0.25, 0.3) is 0 Å². The number of carbonyl (C=O) groups excluding carboxylic acids is 1. The molecule has 1 aromatic rings. The van der Waals surface area contributed by atoms with Gasteiger partial charge < -0.3 is 10.2 Å². The summed E-state index contributed by atoms with van der Waals surface area (Å²) in [6, 6.07) is 0. The zero-order valence-corrected chi connectivity index (χ0v) is 12.8. The summed E-state index contributed by atoms with van der Waals surface area (Å²) in [7, 11) is 0. The highest BCUT2D eigenvalue weighted by molar-refractivity contribution is 5.75. The summed E-state index contributed by atoms with van der Waals surface area (Å²) < 4.78 is 1.49. The molecule has 0 radical (unpaired) electrons. The predicted molar refractivity (Wildman–Crippen MR) is 79.0 cm³/mol. The summed E-state index contributed by atoms with van der Waals surface area (Å²) in [6.07, 6.45) is 1.48. The first-order valence-electron chi connectivity index (χ1n) is 7.15. The Morgan fingerprint density at radius 3 is 2.67 bits per heavy atom. The molecule has 0 aliphatic carbocycles. The molecule has 1 heterocycles. The van der Waals surface area contributed by atoms with Gasteiger partial charge in [-0.15, -0.1) is 0 Å². The molecule has 1 amide bonds. The third-order valence-electron chi connectivity index (χ3n) is 3.47. The summed E-state index contributed by atoms with van der Waals surface area (Å²) in [5.74, 6) is -0.0697. The third-order valence-corrected chi connectivity index (χ3v) is 3.47. The highest BCUT2D eigenvalue weighted by atomic mass is 16.6. The van der Waals surface area contributed by atoms with E-state index in [2.05, 4.69) is 29.2 Å². The largest absolute Gasteiger partial charge is 0.355 e. The molecule has 0 aliphatic rings. The van der Waals surface area contributed by atoms with Gasteiger partial charge in [-0.05, 0) is 20.0 Å². The summed E-state index contributed by atoms with van der Waals surface area (Å²) in [5, 5.41) is 17.5. The molecule has 1 N–H and O–H groups in total. The standard InChI is InChI=1S/C13H23N5O3/c1-4-16(5-2)9-7-14-13(19)6-8-17-11(3)12(10-15-17)18(20)21/h10H,4-9H2,1-3H3,(H,14,19). The van der Waals surface area contributed by atoms with Crippen molar-refractivity contribution in [2.24, 2.45) is 0 Å². The van der Waals surface area contributed by atoms with Crippen LogP contribution in [0.1, 0.15) is 26.0 Å². The molecule has 0 unspecified atom stereocenters. The van der Waals surface area contributed by atoms with Gasteiger partial charge in [0.15, 0.2) is 0 Å². The smallest absolute Gasteiger partial charge is 0.309 e. The summed E-state index contributed by atoms with van der Waals surface area (Å²) in [5.41, 5.74) is 0.452. The fraction of sp³-hybridized carbons (Fsp3) is 0.692. The van der Waals surface area contributed by atoms with Gasteiger partial charge in [0.05, 0.1) is 11.5 Å². The number of aryl methyl sites for hydroxylation is 1. The van der Waals surface area contributed by atoms with Crippen molar-refractivity contribution in [3.05, 3.63) is 22.0 Å². The van der Waals surface area contributed by atoms with E-state index < -0.39 is 4.92 Å². The number of carbonyl (C=O) groups is 1. The van der Waals surface area contributed by atoms with Crippen LogP contribution in [0.25, 0.3) is 0 Å². The molecule has 118 valence electrons. The number of nitrogens with one attached hydrogen (secondary N) is 1. The van der Waals surface area contributed by atoms with Crippen LogP contribution in [0.2, 0.25) is 0 Å². The molecule has 21 heavy (non-hydrogen) atoms. The van der Waals surface area contributed by atoms with Gasteiger partial charge in [-0.2, -0.15) is 5.10 Å². The zero-order valence-electron chi connectivity index (χ0n) is 12.8. The topological polar surface area (TPSA) is 93.3 Å². The Hall–Kier alpha value is -1.96. The first kappa shape index (κ1) is 17.1. The second kappa shape index (κ2) is 8.35. The number of nitrogens with zero attached hydrogens (tertiary/aromatic N) is 4. The van der Waals surface area contributed by atoms with E-state index in [0.717, 1.165) is 19.6 Å². The highest BCUT2D eigenvalue weighted by Crippen LogP contribution is 2.16. The average Bonchev–Trinajstić information content (AvgIpc) is 2.82. The van der Waals surface area contributed by atoms with Crippen molar-refractivity contribution in [3.8, 4) is 0 Å². The number of hydrogen-bond donors (Lipinski definition) is 1. The molecule has 1 aromatic heterocycles. The van der Waals surface area contributed by atoms with Crippen LogP contribution >= 0.6 is 0 Å². The van der Waals surface area contributed by atoms with Crippen LogP contribution in [0.4, 0.5) is 5.69 Å². The van der Waals surface area contributed by atoms with Crippen LogP contribution in [0.3, 0.4) is 0 Å². The lowest BCUT2D eigenvalue weighted by molar-refractivity contribution is -0.385. The Morgan fingerprint density at radius 1 is 1.48 bits per heavy atom. The van der Waals surface area contributed by atoms with Gasteiger partial charge in [0.1, 0.15) is 11.9 Å². The lowest BCUT2D eigenvalue weighted by atomic mass is 10.3. The molecule has 0 saturated heterocycles. The van der Waals surface area contributed by atoms with Crippen molar-refractivity contribution in [2.45, 2.75) is 33.7 Å². The summed E-state index contributed by atoms with van der Waals surface area (Å²) in [4.78, 5) is 24.2. The van der Waals surface area contributed by atoms with Gasteiger partial charge in [-0.1, -0.05) is 13.8 Å². The number of rotatable bonds is 9. The van der Waals surface area contributed by atoms with Gasteiger partial charge >= 0.3 is 5.69 Å². The van der Waals surface area contributed by atoms with Crippen LogP contribution in [0.5, 0.6) is 0 Å². The highest BCUT2D eigenvalue weighted by Gasteiger charge is 2.16. The van der Waals surface area contributed by atoms with E-state index in [1.165, 1.54) is 10.9 Å². The van der Waals surface area contributed by atoms with Crippen molar-refractivity contribution in [1.82, 2.24) is 20.0 Å². The second-order valence-corrected chi connectivity index (χ2v) is 4.72. The van der Waals surface area contributed by atoms with Crippen LogP contribution in [-0.4, -0.2) is 51.7 Å². The van der Waals surface area contributed by atoms with E-state index in [1.54, 1.807) is 6.92 Å². The van der Waals surface area contributed by atoms with Crippen molar-refractivity contribution in [2.75, 3.05) is 26.2 Å². The maximum atomic E-state index is 11.7. The Labute approximate surface area is 124 Å². The molecule has 8 nitrogen and oxygen atoms in total. The fourth-order valence-corrected chi connectivity index (χ4v) is 2.03. The number of aromatic nitrogens is 2. The van der Waals surface area contributed by atoms with Crippen LogP contribution in [0.15, 0.2) is 6.20 Å². The van der Waals surface area contributed by atoms with E-state index in [0.29, 0.717) is 18.8 Å². The maximum absolute atomic E-state index is 11.7. The number of amides is 1. The van der Waals surface area contributed by atoms with Gasteiger partial charge in [-0.3, -0.25) is 19.6 Å². The van der Waals surface area contributed by atoms with E-state index in [9.17, 15) is 14.9 Å². The van der Waals surface area contributed by atoms with Crippen molar-refractivity contribution in [3.63, 3.8) is 0 Å². The average molecular weight is 297 g/mol. The van der Waals surface area contributed by atoms with E-state index in [-0.39, 0.29) is 18.0 Å². The molecule has 0 saturated carbocycles. The van der Waals surface area contributed by atoms with Crippen molar-refractivity contribution in [1.29, 1.82) is 0 Å². The van der Waals surface area contributed by atoms with Crippen molar-refractivity contribution >= 4 is 11.6 Å². The van der Waals surface area contributed by atoms with E-state index in [1.807, 2.05) is 0 Å². The Morgan fingerprint density at radius 2 is 2.14 bits per heavy atom. The maximum Gasteiger partial charge on any atom is 0.309 e. The third kappa shape index (κ3) is 5.14. The van der Waals surface area contributed by atoms with Crippen LogP contribution in [-0.2, 0) is 11.3 Å². The summed E-state index contributed by atoms with van der Waals surface area (Å²) in [6.45, 7) is 9.49. The molecule has 0 bridgehead atoms. The molecule has 1 rings (SSSR count). The quantitative estimate of drug-likeness (QED) is 0.541. The molecular weight excluding hydrogens is 274 g/mol. The van der Waals surface area contributed by atoms with E-state index in [4.69, 9.17) is 0 Å². The summed E-state index contributed by atoms with van der Waals surface area (Å²) >= 11 is 0. The number of likely N-dealkylation sites (N-methyl/N-ethyl adjacent to an activating group) is 1. The predicted octanol–water partition coefficient (Wildman–Crippen LogP) is 0.948. The monoisotopic (exact) mass is 297 g/mol. The number of nitro groups is 1. The zero-order chi connectivity index (χ0) is 15.8. The Balaban J connectivity index is 2.35. The molecule has 0 atom stereocenters. The van der Waals surface area contributed by atoms with Gasteiger partial charge in [0.2, 0.25) is 5.91 Å². The molecule has 8 heteroatoms. The van der Waals surface area contributed by atoms with Crippen LogP contribution < -0.4 is 5.32 Å². The number of hydrogen-bond acceptors (Lipinski definition) is 5. The van der Waals surface area contributed by atoms with Crippen molar-refractivity contribution < 1.29 is 9.72 Å². The minimum Gasteiger partial charge on any atom is -0.355 e. The first-order chi connectivity index (χ1) is 9.99. The molecular formula is C13H23N5O3. The molecule has 0 aromatic carbocycles. The van der Waals surface area contributed by atoms with Gasteiger partial charge in [-0.25, -0.2) is 0 Å². The first-order valence-corrected chi connectivity index (χ1v) is 7.15. The Kier molecular flexibility index (Phi) is 6.80. The second-order valence-electron chi connectivity index (χ2n) is 4.72. The van der Waals surface area contributed by atoms with E-state index >= 15 is 0 Å². The minimum absolute atomic E-state index is 0.0167. The SMILES string of the molecule is CCN(CC)CCNC(=O)CCn1ncc([N+](=O)[O-])c1C. The van der Waals surface area contributed by atoms with Crippen LogP contribution in [0, 0.1) is 17.0 Å². The molecule has 0 aliphatic heterocycles.